The van der Waals surface area contributed by atoms with Crippen LogP contribution in [0.15, 0.2) is 29.6 Å². The van der Waals surface area contributed by atoms with Crippen molar-refractivity contribution in [1.29, 1.82) is 0 Å². The molecule has 1 saturated carbocycles. The van der Waals surface area contributed by atoms with Crippen LogP contribution in [0.4, 0.5) is 4.39 Å². The highest BCUT2D eigenvalue weighted by molar-refractivity contribution is 7.13. The summed E-state index contributed by atoms with van der Waals surface area (Å²) in [6.45, 7) is 3.10. The van der Waals surface area contributed by atoms with Gasteiger partial charge >= 0.3 is 0 Å². The SMILES string of the molecule is C[C@H](NCc1csc(-c2ccc(F)cc2)n1)C1CCCC1. The molecule has 3 rings (SSSR count). The van der Waals surface area contributed by atoms with E-state index in [1.165, 1.54) is 37.8 Å². The van der Waals surface area contributed by atoms with Crippen LogP contribution in [-0.2, 0) is 6.54 Å². The van der Waals surface area contributed by atoms with Crippen LogP contribution in [0.2, 0.25) is 0 Å². The van der Waals surface area contributed by atoms with Crippen LogP contribution in [0.1, 0.15) is 38.3 Å². The molecule has 1 aromatic carbocycles. The third kappa shape index (κ3) is 3.69. The normalized spacial score (nSPS) is 17.2. The van der Waals surface area contributed by atoms with Crippen molar-refractivity contribution in [2.45, 2.75) is 45.2 Å². The summed E-state index contributed by atoms with van der Waals surface area (Å²) in [6.07, 6.45) is 5.46. The second-order valence-electron chi connectivity index (χ2n) is 5.87. The lowest BCUT2D eigenvalue weighted by Gasteiger charge is -2.19. The minimum Gasteiger partial charge on any atom is -0.308 e. The van der Waals surface area contributed by atoms with Gasteiger partial charge in [0.05, 0.1) is 5.69 Å². The molecule has 21 heavy (non-hydrogen) atoms. The number of halogens is 1. The zero-order valence-electron chi connectivity index (χ0n) is 12.3. The molecule has 0 radical (unpaired) electrons. The number of hydrogen-bond donors (Lipinski definition) is 1. The lowest BCUT2D eigenvalue weighted by Crippen LogP contribution is -2.31. The topological polar surface area (TPSA) is 24.9 Å². The second-order valence-corrected chi connectivity index (χ2v) is 6.72. The molecule has 1 aromatic heterocycles. The molecule has 0 unspecified atom stereocenters. The van der Waals surface area contributed by atoms with E-state index in [2.05, 4.69) is 22.6 Å². The number of nitrogens with one attached hydrogen (secondary N) is 1. The van der Waals surface area contributed by atoms with Gasteiger partial charge in [-0.2, -0.15) is 0 Å². The lowest BCUT2D eigenvalue weighted by molar-refractivity contribution is 0.379. The number of nitrogens with zero attached hydrogens (tertiary/aromatic N) is 1. The van der Waals surface area contributed by atoms with Crippen molar-refractivity contribution in [1.82, 2.24) is 10.3 Å². The predicted octanol–water partition coefficient (Wildman–Crippen LogP) is 4.62. The molecule has 1 N–H and O–H groups in total. The van der Waals surface area contributed by atoms with Gasteiger partial charge in [0.1, 0.15) is 10.8 Å². The van der Waals surface area contributed by atoms with E-state index < -0.39 is 0 Å². The molecule has 2 aromatic rings. The summed E-state index contributed by atoms with van der Waals surface area (Å²) >= 11 is 1.62. The fourth-order valence-electron chi connectivity index (χ4n) is 3.00. The molecule has 1 fully saturated rings. The van der Waals surface area contributed by atoms with Crippen molar-refractivity contribution in [3.8, 4) is 10.6 Å². The maximum atomic E-state index is 12.9. The van der Waals surface area contributed by atoms with Gasteiger partial charge in [-0.05, 0) is 49.9 Å². The monoisotopic (exact) mass is 304 g/mol. The van der Waals surface area contributed by atoms with Crippen molar-refractivity contribution in [3.63, 3.8) is 0 Å². The minimum absolute atomic E-state index is 0.206. The Bertz CT molecular complexity index is 573. The number of hydrogen-bond acceptors (Lipinski definition) is 3. The van der Waals surface area contributed by atoms with Gasteiger partial charge in [-0.25, -0.2) is 9.37 Å². The molecular weight excluding hydrogens is 283 g/mol. The molecular formula is C17H21FN2S. The van der Waals surface area contributed by atoms with E-state index in [4.69, 9.17) is 0 Å². The first kappa shape index (κ1) is 14.7. The van der Waals surface area contributed by atoms with Gasteiger partial charge in [0, 0.05) is 23.5 Å². The van der Waals surface area contributed by atoms with Crippen molar-refractivity contribution in [2.75, 3.05) is 0 Å². The number of aromatic nitrogens is 1. The van der Waals surface area contributed by atoms with Gasteiger partial charge in [-0.1, -0.05) is 12.8 Å². The first-order valence-corrected chi connectivity index (χ1v) is 8.54. The molecule has 0 aliphatic heterocycles. The summed E-state index contributed by atoms with van der Waals surface area (Å²) in [7, 11) is 0. The van der Waals surface area contributed by atoms with Crippen LogP contribution in [0.25, 0.3) is 10.6 Å². The zero-order valence-corrected chi connectivity index (χ0v) is 13.1. The summed E-state index contributed by atoms with van der Waals surface area (Å²) in [5.74, 6) is 0.614. The summed E-state index contributed by atoms with van der Waals surface area (Å²) in [4.78, 5) is 4.64. The van der Waals surface area contributed by atoms with Crippen molar-refractivity contribution in [3.05, 3.63) is 41.2 Å². The maximum Gasteiger partial charge on any atom is 0.123 e. The molecule has 112 valence electrons. The van der Waals surface area contributed by atoms with Crippen LogP contribution in [0, 0.1) is 11.7 Å². The Morgan fingerprint density at radius 2 is 2.00 bits per heavy atom. The highest BCUT2D eigenvalue weighted by Crippen LogP contribution is 2.28. The molecule has 1 heterocycles. The molecule has 0 spiro atoms. The Balaban J connectivity index is 1.58. The fraction of sp³-hybridized carbons (Fsp3) is 0.471. The average molecular weight is 304 g/mol. The summed E-state index contributed by atoms with van der Waals surface area (Å²) < 4.78 is 12.9. The maximum absolute atomic E-state index is 12.9. The van der Waals surface area contributed by atoms with Gasteiger partial charge in [-0.15, -0.1) is 11.3 Å². The van der Waals surface area contributed by atoms with Gasteiger partial charge in [0.25, 0.3) is 0 Å². The molecule has 0 amide bonds. The van der Waals surface area contributed by atoms with E-state index in [0.717, 1.165) is 28.7 Å². The lowest BCUT2D eigenvalue weighted by atomic mass is 10.00. The van der Waals surface area contributed by atoms with Crippen molar-refractivity contribution >= 4 is 11.3 Å². The molecule has 1 aliphatic rings. The largest absolute Gasteiger partial charge is 0.308 e. The Labute approximate surface area is 129 Å². The molecule has 0 saturated heterocycles. The summed E-state index contributed by atoms with van der Waals surface area (Å²) in [5, 5.41) is 6.65. The van der Waals surface area contributed by atoms with Gasteiger partial charge in [0.15, 0.2) is 0 Å². The number of benzene rings is 1. The van der Waals surface area contributed by atoms with Crippen LogP contribution < -0.4 is 5.32 Å². The Kier molecular flexibility index (Phi) is 4.66. The molecule has 4 heteroatoms. The van der Waals surface area contributed by atoms with Gasteiger partial charge in [0.2, 0.25) is 0 Å². The number of rotatable bonds is 5. The third-order valence-corrected chi connectivity index (χ3v) is 5.30. The predicted molar refractivity (Wildman–Crippen MR) is 85.8 cm³/mol. The van der Waals surface area contributed by atoms with E-state index in [1.54, 1.807) is 23.5 Å². The van der Waals surface area contributed by atoms with Crippen LogP contribution in [-0.4, -0.2) is 11.0 Å². The zero-order chi connectivity index (χ0) is 14.7. The van der Waals surface area contributed by atoms with Crippen LogP contribution >= 0.6 is 11.3 Å². The molecule has 0 bridgehead atoms. The highest BCUT2D eigenvalue weighted by Gasteiger charge is 2.21. The van der Waals surface area contributed by atoms with Crippen LogP contribution in [0.5, 0.6) is 0 Å². The Hall–Kier alpha value is -1.26. The molecule has 1 atom stereocenters. The van der Waals surface area contributed by atoms with E-state index in [-0.39, 0.29) is 5.82 Å². The Morgan fingerprint density at radius 3 is 2.71 bits per heavy atom. The number of thiazole rings is 1. The van der Waals surface area contributed by atoms with E-state index in [9.17, 15) is 4.39 Å². The van der Waals surface area contributed by atoms with E-state index in [0.29, 0.717) is 6.04 Å². The minimum atomic E-state index is -0.206. The highest BCUT2D eigenvalue weighted by atomic mass is 32.1. The quantitative estimate of drug-likeness (QED) is 0.872. The second kappa shape index (κ2) is 6.67. The van der Waals surface area contributed by atoms with Crippen molar-refractivity contribution in [2.24, 2.45) is 5.92 Å². The standard InChI is InChI=1S/C17H21FN2S/c1-12(13-4-2-3-5-13)19-10-16-11-21-17(20-16)14-6-8-15(18)9-7-14/h6-9,11-13,19H,2-5,10H2,1H3/t12-/m0/s1. The van der Waals surface area contributed by atoms with Gasteiger partial charge < -0.3 is 5.32 Å². The van der Waals surface area contributed by atoms with E-state index >= 15 is 0 Å². The smallest absolute Gasteiger partial charge is 0.123 e. The van der Waals surface area contributed by atoms with Gasteiger partial charge in [-0.3, -0.25) is 0 Å². The summed E-state index contributed by atoms with van der Waals surface area (Å²) in [6, 6.07) is 7.09. The van der Waals surface area contributed by atoms with E-state index in [1.807, 2.05) is 0 Å². The summed E-state index contributed by atoms with van der Waals surface area (Å²) in [5.41, 5.74) is 2.06. The van der Waals surface area contributed by atoms with Crippen LogP contribution in [0.3, 0.4) is 0 Å². The molecule has 2 nitrogen and oxygen atoms in total. The average Bonchev–Trinajstić information content (AvgIpc) is 3.17. The first-order valence-electron chi connectivity index (χ1n) is 7.66. The fourth-order valence-corrected chi connectivity index (χ4v) is 3.83. The third-order valence-electron chi connectivity index (χ3n) is 4.36. The first-order chi connectivity index (χ1) is 10.2. The van der Waals surface area contributed by atoms with Crippen molar-refractivity contribution < 1.29 is 4.39 Å². The Morgan fingerprint density at radius 1 is 1.29 bits per heavy atom. The molecule has 1 aliphatic carbocycles.